The van der Waals surface area contributed by atoms with Crippen LogP contribution < -0.4 is 10.1 Å². The summed E-state index contributed by atoms with van der Waals surface area (Å²) in [6.45, 7) is 0. The number of ether oxygens (including phenoxy) is 1. The second kappa shape index (κ2) is 7.31. The molecule has 0 fully saturated rings. The van der Waals surface area contributed by atoms with Crippen LogP contribution in [0, 0.1) is 34.0 Å². The summed E-state index contributed by atoms with van der Waals surface area (Å²) in [6.07, 6.45) is 0. The van der Waals surface area contributed by atoms with E-state index in [1.54, 1.807) is 25.3 Å². The Bertz CT molecular complexity index is 846. The topological polar surface area (TPSA) is 92.6 Å². The minimum Gasteiger partial charge on any atom is -0.497 e. The zero-order valence-corrected chi connectivity index (χ0v) is 12.4. The summed E-state index contributed by atoms with van der Waals surface area (Å²) >= 11 is 0. The number of anilines is 1. The lowest BCUT2D eigenvalue weighted by Gasteiger charge is -2.08. The average molecular weight is 300 g/mol. The number of benzene rings is 2. The molecule has 0 amide bonds. The Morgan fingerprint density at radius 3 is 2.17 bits per heavy atom. The predicted octanol–water partition coefficient (Wildman–Crippen LogP) is 3.60. The standard InChI is InChI=1S/C18H12N4O/c1-23-17-7-5-13(6-8-17)14-3-2-4-16(9-14)22-18(12-21)15(10-19)11-20/h2-9,22H,1H3. The first-order valence-corrected chi connectivity index (χ1v) is 6.68. The van der Waals surface area contributed by atoms with Gasteiger partial charge in [-0.15, -0.1) is 0 Å². The van der Waals surface area contributed by atoms with Crippen LogP contribution in [0.3, 0.4) is 0 Å². The Morgan fingerprint density at radius 2 is 1.61 bits per heavy atom. The molecule has 5 heteroatoms. The van der Waals surface area contributed by atoms with Gasteiger partial charge < -0.3 is 10.1 Å². The number of rotatable bonds is 4. The monoisotopic (exact) mass is 300 g/mol. The summed E-state index contributed by atoms with van der Waals surface area (Å²) in [4.78, 5) is 0. The number of allylic oxidation sites excluding steroid dienone is 2. The molecule has 0 heterocycles. The molecule has 0 unspecified atom stereocenters. The largest absolute Gasteiger partial charge is 0.497 e. The van der Waals surface area contributed by atoms with Crippen LogP contribution in [0.2, 0.25) is 0 Å². The molecule has 2 aromatic carbocycles. The minimum absolute atomic E-state index is 0.0677. The van der Waals surface area contributed by atoms with E-state index in [1.807, 2.05) is 48.5 Å². The molecule has 0 aromatic heterocycles. The molecule has 0 bridgehead atoms. The van der Waals surface area contributed by atoms with Gasteiger partial charge in [-0.2, -0.15) is 15.8 Å². The molecule has 0 aliphatic carbocycles. The molecular weight excluding hydrogens is 288 g/mol. The maximum atomic E-state index is 9.08. The highest BCUT2D eigenvalue weighted by molar-refractivity contribution is 5.70. The molecule has 2 aromatic rings. The van der Waals surface area contributed by atoms with Crippen LogP contribution in [0.25, 0.3) is 11.1 Å². The molecule has 110 valence electrons. The van der Waals surface area contributed by atoms with Crippen LogP contribution in [0.4, 0.5) is 5.69 Å². The smallest absolute Gasteiger partial charge is 0.163 e. The van der Waals surface area contributed by atoms with Crippen molar-refractivity contribution in [3.05, 3.63) is 59.8 Å². The molecule has 0 aliphatic heterocycles. The highest BCUT2D eigenvalue weighted by Gasteiger charge is 2.07. The van der Waals surface area contributed by atoms with Crippen molar-refractivity contribution in [3.63, 3.8) is 0 Å². The highest BCUT2D eigenvalue weighted by atomic mass is 16.5. The summed E-state index contributed by atoms with van der Waals surface area (Å²) in [7, 11) is 1.61. The summed E-state index contributed by atoms with van der Waals surface area (Å²) in [5, 5.41) is 29.6. The van der Waals surface area contributed by atoms with E-state index in [4.69, 9.17) is 20.5 Å². The maximum Gasteiger partial charge on any atom is 0.163 e. The van der Waals surface area contributed by atoms with E-state index in [0.29, 0.717) is 5.69 Å². The van der Waals surface area contributed by atoms with E-state index in [-0.39, 0.29) is 11.3 Å². The second-order valence-corrected chi connectivity index (χ2v) is 4.52. The number of nitrogens with one attached hydrogen (secondary N) is 1. The van der Waals surface area contributed by atoms with Crippen LogP contribution in [0.5, 0.6) is 5.75 Å². The molecule has 0 saturated heterocycles. The molecule has 0 atom stereocenters. The van der Waals surface area contributed by atoms with Gasteiger partial charge in [-0.25, -0.2) is 0 Å². The fourth-order valence-corrected chi connectivity index (χ4v) is 1.99. The molecule has 0 radical (unpaired) electrons. The molecule has 23 heavy (non-hydrogen) atoms. The highest BCUT2D eigenvalue weighted by Crippen LogP contribution is 2.25. The molecule has 5 nitrogen and oxygen atoms in total. The summed E-state index contributed by atoms with van der Waals surface area (Å²) < 4.78 is 5.13. The quantitative estimate of drug-likeness (QED) is 0.871. The van der Waals surface area contributed by atoms with E-state index in [1.165, 1.54) is 0 Å². The lowest BCUT2D eigenvalue weighted by Crippen LogP contribution is -2.00. The first kappa shape index (κ1) is 15.6. The third-order valence-corrected chi connectivity index (χ3v) is 3.14. The van der Waals surface area contributed by atoms with Crippen molar-refractivity contribution in [1.82, 2.24) is 0 Å². The van der Waals surface area contributed by atoms with Crippen LogP contribution >= 0.6 is 0 Å². The zero-order chi connectivity index (χ0) is 16.7. The second-order valence-electron chi connectivity index (χ2n) is 4.52. The van der Waals surface area contributed by atoms with Gasteiger partial charge in [0.2, 0.25) is 0 Å². The predicted molar refractivity (Wildman–Crippen MR) is 85.9 cm³/mol. The zero-order valence-electron chi connectivity index (χ0n) is 12.4. The van der Waals surface area contributed by atoms with E-state index in [9.17, 15) is 0 Å². The van der Waals surface area contributed by atoms with Gasteiger partial charge in [-0.05, 0) is 35.4 Å². The van der Waals surface area contributed by atoms with Crippen LogP contribution in [-0.2, 0) is 0 Å². The van der Waals surface area contributed by atoms with Gasteiger partial charge in [-0.3, -0.25) is 0 Å². The molecular formula is C18H12N4O. The number of nitriles is 3. The van der Waals surface area contributed by atoms with Crippen molar-refractivity contribution in [3.8, 4) is 35.1 Å². The van der Waals surface area contributed by atoms with Crippen molar-refractivity contribution >= 4 is 5.69 Å². The molecule has 0 spiro atoms. The minimum atomic E-state index is -0.248. The average Bonchev–Trinajstić information content (AvgIpc) is 2.62. The van der Waals surface area contributed by atoms with Crippen LogP contribution in [0.1, 0.15) is 0 Å². The van der Waals surface area contributed by atoms with Crippen LogP contribution in [-0.4, -0.2) is 7.11 Å². The van der Waals surface area contributed by atoms with E-state index in [2.05, 4.69) is 5.32 Å². The molecule has 0 saturated carbocycles. The summed E-state index contributed by atoms with van der Waals surface area (Å²) in [6, 6.07) is 20.2. The van der Waals surface area contributed by atoms with Gasteiger partial charge in [0.15, 0.2) is 5.57 Å². The SMILES string of the molecule is COc1ccc(-c2cccc(NC(C#N)=C(C#N)C#N)c2)cc1. The van der Waals surface area contributed by atoms with Crippen molar-refractivity contribution in [1.29, 1.82) is 15.8 Å². The lowest BCUT2D eigenvalue weighted by atomic mass is 10.0. The third kappa shape index (κ3) is 3.67. The number of nitrogens with zero attached hydrogens (tertiary/aromatic N) is 3. The fraction of sp³-hybridized carbons (Fsp3) is 0.0556. The Balaban J connectivity index is 2.34. The fourth-order valence-electron chi connectivity index (χ4n) is 1.99. The Morgan fingerprint density at radius 1 is 0.913 bits per heavy atom. The molecule has 0 aliphatic rings. The third-order valence-electron chi connectivity index (χ3n) is 3.14. The van der Waals surface area contributed by atoms with Crippen molar-refractivity contribution < 1.29 is 4.74 Å². The van der Waals surface area contributed by atoms with Crippen molar-refractivity contribution in [2.24, 2.45) is 0 Å². The summed E-state index contributed by atoms with van der Waals surface area (Å²) in [5.41, 5.74) is 2.23. The first-order valence-electron chi connectivity index (χ1n) is 6.68. The Kier molecular flexibility index (Phi) is 4.97. The van der Waals surface area contributed by atoms with Gasteiger partial charge in [0, 0.05) is 5.69 Å². The van der Waals surface area contributed by atoms with Crippen molar-refractivity contribution in [2.75, 3.05) is 12.4 Å². The van der Waals surface area contributed by atoms with E-state index in [0.717, 1.165) is 16.9 Å². The number of hydrogen-bond donors (Lipinski definition) is 1. The van der Waals surface area contributed by atoms with Crippen molar-refractivity contribution in [2.45, 2.75) is 0 Å². The van der Waals surface area contributed by atoms with Gasteiger partial charge in [0.1, 0.15) is 29.7 Å². The number of methoxy groups -OCH3 is 1. The summed E-state index contributed by atoms with van der Waals surface area (Å²) in [5.74, 6) is 0.769. The van der Waals surface area contributed by atoms with Gasteiger partial charge >= 0.3 is 0 Å². The first-order chi connectivity index (χ1) is 11.2. The number of hydrogen-bond acceptors (Lipinski definition) is 5. The van der Waals surface area contributed by atoms with E-state index < -0.39 is 0 Å². The lowest BCUT2D eigenvalue weighted by molar-refractivity contribution is 0.415. The maximum absolute atomic E-state index is 9.08. The molecule has 2 rings (SSSR count). The van der Waals surface area contributed by atoms with E-state index >= 15 is 0 Å². The van der Waals surface area contributed by atoms with Gasteiger partial charge in [0.25, 0.3) is 0 Å². The van der Waals surface area contributed by atoms with Gasteiger partial charge in [-0.1, -0.05) is 24.3 Å². The Labute approximate surface area is 134 Å². The Hall–Kier alpha value is -3.75. The molecule has 1 N–H and O–H groups in total. The normalized spacial score (nSPS) is 8.96. The van der Waals surface area contributed by atoms with Crippen LogP contribution in [0.15, 0.2) is 59.8 Å². The van der Waals surface area contributed by atoms with Gasteiger partial charge in [0.05, 0.1) is 7.11 Å².